The molecule has 0 aromatic heterocycles. The van der Waals surface area contributed by atoms with Gasteiger partial charge in [0.25, 0.3) is 0 Å². The van der Waals surface area contributed by atoms with Crippen molar-refractivity contribution in [1.29, 1.82) is 0 Å². The second-order valence-corrected chi connectivity index (χ2v) is 4.71. The molecule has 0 spiro atoms. The van der Waals surface area contributed by atoms with E-state index in [0.29, 0.717) is 13.2 Å². The Kier molecular flexibility index (Phi) is 3.85. The maximum atomic E-state index is 5.89. The zero-order valence-corrected chi connectivity index (χ0v) is 11.1. The fourth-order valence-electron chi connectivity index (χ4n) is 2.15. The summed E-state index contributed by atoms with van der Waals surface area (Å²) in [6.45, 7) is 1.27. The van der Waals surface area contributed by atoms with Crippen LogP contribution in [0.2, 0.25) is 0 Å². The van der Waals surface area contributed by atoms with Crippen molar-refractivity contribution in [2.75, 3.05) is 13.4 Å². The van der Waals surface area contributed by atoms with E-state index < -0.39 is 0 Å². The molecule has 1 unspecified atom stereocenters. The fraction of sp³-hybridized carbons (Fsp3) is 0.250. The Hall–Kier alpha value is -2.04. The fourth-order valence-corrected chi connectivity index (χ4v) is 2.15. The lowest BCUT2D eigenvalue weighted by molar-refractivity contribution is 0.00496. The van der Waals surface area contributed by atoms with Gasteiger partial charge in [-0.15, -0.1) is 0 Å². The van der Waals surface area contributed by atoms with E-state index in [1.807, 2.05) is 48.5 Å². The summed E-state index contributed by atoms with van der Waals surface area (Å²) >= 11 is 0. The summed E-state index contributed by atoms with van der Waals surface area (Å²) < 4.78 is 16.5. The number of benzene rings is 2. The first-order chi connectivity index (χ1) is 9.83. The van der Waals surface area contributed by atoms with E-state index in [1.165, 1.54) is 0 Å². The molecule has 3 rings (SSSR count). The summed E-state index contributed by atoms with van der Waals surface area (Å²) in [4.78, 5) is 0. The molecule has 1 aliphatic heterocycles. The van der Waals surface area contributed by atoms with Crippen molar-refractivity contribution in [2.24, 2.45) is 5.73 Å². The van der Waals surface area contributed by atoms with E-state index >= 15 is 0 Å². The molecule has 0 saturated heterocycles. The first-order valence-corrected chi connectivity index (χ1v) is 6.60. The van der Waals surface area contributed by atoms with Gasteiger partial charge in [0.15, 0.2) is 6.79 Å². The Morgan fingerprint density at radius 3 is 2.85 bits per heavy atom. The Morgan fingerprint density at radius 1 is 1.15 bits per heavy atom. The molecule has 0 radical (unpaired) electrons. The van der Waals surface area contributed by atoms with Gasteiger partial charge in [-0.3, -0.25) is 0 Å². The minimum atomic E-state index is -0.0339. The zero-order valence-electron chi connectivity index (χ0n) is 11.1. The van der Waals surface area contributed by atoms with Crippen molar-refractivity contribution in [3.8, 4) is 11.5 Å². The van der Waals surface area contributed by atoms with E-state index in [9.17, 15) is 0 Å². The standard InChI is InChI=1S/C16H17NO3/c17-15-10-19-16-8-13(6-7-14(15)16)20-11-18-9-12-4-2-1-3-5-12/h1-8,15H,9-11,17H2. The van der Waals surface area contributed by atoms with Crippen molar-refractivity contribution in [1.82, 2.24) is 0 Å². The second-order valence-electron chi connectivity index (χ2n) is 4.71. The Balaban J connectivity index is 1.50. The monoisotopic (exact) mass is 271 g/mol. The van der Waals surface area contributed by atoms with Gasteiger partial charge < -0.3 is 19.9 Å². The molecule has 4 heteroatoms. The van der Waals surface area contributed by atoms with Gasteiger partial charge >= 0.3 is 0 Å². The van der Waals surface area contributed by atoms with Crippen LogP contribution in [0.25, 0.3) is 0 Å². The smallest absolute Gasteiger partial charge is 0.189 e. The molecule has 1 heterocycles. The topological polar surface area (TPSA) is 53.7 Å². The Morgan fingerprint density at radius 2 is 2.00 bits per heavy atom. The summed E-state index contributed by atoms with van der Waals surface area (Å²) in [6, 6.07) is 15.6. The van der Waals surface area contributed by atoms with E-state index in [0.717, 1.165) is 22.6 Å². The molecule has 2 N–H and O–H groups in total. The third-order valence-corrected chi connectivity index (χ3v) is 3.22. The van der Waals surface area contributed by atoms with Gasteiger partial charge in [-0.1, -0.05) is 30.3 Å². The van der Waals surface area contributed by atoms with Crippen molar-refractivity contribution in [3.05, 3.63) is 59.7 Å². The van der Waals surface area contributed by atoms with Crippen molar-refractivity contribution in [3.63, 3.8) is 0 Å². The molecule has 20 heavy (non-hydrogen) atoms. The number of nitrogens with two attached hydrogens (primary N) is 1. The van der Waals surface area contributed by atoms with Gasteiger partial charge in [-0.25, -0.2) is 0 Å². The summed E-state index contributed by atoms with van der Waals surface area (Å²) in [7, 11) is 0. The minimum absolute atomic E-state index is 0.0339. The molecule has 1 atom stereocenters. The number of ether oxygens (including phenoxy) is 3. The number of hydrogen-bond acceptors (Lipinski definition) is 4. The maximum Gasteiger partial charge on any atom is 0.189 e. The summed E-state index contributed by atoms with van der Waals surface area (Å²) in [5, 5.41) is 0. The second kappa shape index (κ2) is 5.94. The average molecular weight is 271 g/mol. The first-order valence-electron chi connectivity index (χ1n) is 6.60. The van der Waals surface area contributed by atoms with Gasteiger partial charge in [0.05, 0.1) is 12.6 Å². The first kappa shape index (κ1) is 13.0. The average Bonchev–Trinajstić information content (AvgIpc) is 2.86. The predicted molar refractivity (Wildman–Crippen MR) is 75.6 cm³/mol. The molecule has 0 fully saturated rings. The van der Waals surface area contributed by atoms with Crippen LogP contribution in [0.4, 0.5) is 0 Å². The van der Waals surface area contributed by atoms with Crippen molar-refractivity contribution >= 4 is 0 Å². The van der Waals surface area contributed by atoms with E-state index in [4.69, 9.17) is 19.9 Å². The highest BCUT2D eigenvalue weighted by atomic mass is 16.7. The van der Waals surface area contributed by atoms with Crippen LogP contribution in [-0.2, 0) is 11.3 Å². The van der Waals surface area contributed by atoms with E-state index in [2.05, 4.69) is 0 Å². The van der Waals surface area contributed by atoms with E-state index in [1.54, 1.807) is 0 Å². The van der Waals surface area contributed by atoms with Gasteiger partial charge in [0.1, 0.15) is 18.1 Å². The Bertz CT molecular complexity index is 571. The third-order valence-electron chi connectivity index (χ3n) is 3.22. The molecular formula is C16H17NO3. The zero-order chi connectivity index (χ0) is 13.8. The van der Waals surface area contributed by atoms with Crippen LogP contribution in [0.15, 0.2) is 48.5 Å². The van der Waals surface area contributed by atoms with Gasteiger partial charge in [-0.05, 0) is 17.7 Å². The molecule has 0 amide bonds. The summed E-state index contributed by atoms with van der Waals surface area (Å²) in [5.74, 6) is 1.53. The van der Waals surface area contributed by atoms with Crippen LogP contribution in [0, 0.1) is 0 Å². The summed E-state index contributed by atoms with van der Waals surface area (Å²) in [6.07, 6.45) is 0. The van der Waals surface area contributed by atoms with Gasteiger partial charge in [0, 0.05) is 11.6 Å². The highest BCUT2D eigenvalue weighted by Gasteiger charge is 2.20. The number of hydrogen-bond donors (Lipinski definition) is 1. The lowest BCUT2D eigenvalue weighted by atomic mass is 10.1. The lowest BCUT2D eigenvalue weighted by Crippen LogP contribution is -2.10. The molecular weight excluding hydrogens is 254 g/mol. The minimum Gasteiger partial charge on any atom is -0.491 e. The molecule has 2 aromatic rings. The molecule has 4 nitrogen and oxygen atoms in total. The Labute approximate surface area is 118 Å². The van der Waals surface area contributed by atoms with Crippen LogP contribution in [0.1, 0.15) is 17.2 Å². The highest BCUT2D eigenvalue weighted by molar-refractivity contribution is 5.44. The molecule has 0 aliphatic carbocycles. The van der Waals surface area contributed by atoms with Crippen LogP contribution in [0.5, 0.6) is 11.5 Å². The third kappa shape index (κ3) is 2.92. The van der Waals surface area contributed by atoms with Crippen LogP contribution < -0.4 is 15.2 Å². The quantitative estimate of drug-likeness (QED) is 0.671. The van der Waals surface area contributed by atoms with Crippen LogP contribution in [-0.4, -0.2) is 13.4 Å². The molecule has 1 aliphatic rings. The van der Waals surface area contributed by atoms with Crippen molar-refractivity contribution < 1.29 is 14.2 Å². The van der Waals surface area contributed by atoms with E-state index in [-0.39, 0.29) is 12.8 Å². The molecule has 0 bridgehead atoms. The van der Waals surface area contributed by atoms with Crippen LogP contribution in [0.3, 0.4) is 0 Å². The highest BCUT2D eigenvalue weighted by Crippen LogP contribution is 2.33. The molecule has 104 valence electrons. The van der Waals surface area contributed by atoms with Gasteiger partial charge in [0.2, 0.25) is 0 Å². The normalized spacial score (nSPS) is 16.6. The molecule has 0 saturated carbocycles. The number of rotatable bonds is 5. The van der Waals surface area contributed by atoms with Crippen molar-refractivity contribution in [2.45, 2.75) is 12.6 Å². The lowest BCUT2D eigenvalue weighted by Gasteiger charge is -2.08. The largest absolute Gasteiger partial charge is 0.491 e. The summed E-state index contributed by atoms with van der Waals surface area (Å²) in [5.41, 5.74) is 8.05. The molecule has 2 aromatic carbocycles. The van der Waals surface area contributed by atoms with Gasteiger partial charge in [-0.2, -0.15) is 0 Å². The maximum absolute atomic E-state index is 5.89. The van der Waals surface area contributed by atoms with Crippen LogP contribution >= 0.6 is 0 Å². The SMILES string of the molecule is NC1COc2cc(OCOCc3ccccc3)ccc21. The number of fused-ring (bicyclic) bond motifs is 1. The predicted octanol–water partition coefficient (Wildman–Crippen LogP) is 2.63.